The Morgan fingerprint density at radius 1 is 1.00 bits per heavy atom. The lowest BCUT2D eigenvalue weighted by Gasteiger charge is -2.11. The fraction of sp³-hybridized carbons (Fsp3) is 0.300. The first-order valence-electron chi connectivity index (χ1n) is 8.71. The molecular weight excluding hydrogens is 426 g/mol. The second-order valence-corrected chi connectivity index (χ2v) is 6.97. The third-order valence-electron chi connectivity index (χ3n) is 4.02. The number of aryl methyl sites for hydroxylation is 1. The van der Waals surface area contributed by atoms with Gasteiger partial charge in [-0.15, -0.1) is 0 Å². The molecule has 0 saturated carbocycles. The number of carbonyl (C=O) groups excluding carboxylic acids is 2. The second-order valence-electron chi connectivity index (χ2n) is 6.06. The maximum absolute atomic E-state index is 12.0. The molecule has 0 unspecified atom stereocenters. The van der Waals surface area contributed by atoms with Gasteiger partial charge in [0.15, 0.2) is 11.5 Å². The number of methoxy groups -OCH3 is 2. The molecule has 0 fully saturated rings. The summed E-state index contributed by atoms with van der Waals surface area (Å²) in [6, 6.07) is 10.8. The van der Waals surface area contributed by atoms with Gasteiger partial charge in [0, 0.05) is 16.7 Å². The van der Waals surface area contributed by atoms with E-state index in [0.717, 1.165) is 15.6 Å². The molecule has 0 aliphatic heterocycles. The fourth-order valence-electron chi connectivity index (χ4n) is 2.54. The van der Waals surface area contributed by atoms with Gasteiger partial charge in [0.2, 0.25) is 5.91 Å². The number of hydrogen-bond acceptors (Lipinski definition) is 4. The Labute approximate surface area is 172 Å². The van der Waals surface area contributed by atoms with Crippen molar-refractivity contribution in [3.63, 3.8) is 0 Å². The van der Waals surface area contributed by atoms with Crippen LogP contribution in [-0.2, 0) is 11.2 Å². The van der Waals surface area contributed by atoms with Gasteiger partial charge >= 0.3 is 6.03 Å². The van der Waals surface area contributed by atoms with Crippen molar-refractivity contribution in [1.29, 1.82) is 0 Å². The Balaban J connectivity index is 1.73. The topological polar surface area (TPSA) is 88.7 Å². The molecule has 8 heteroatoms. The molecule has 3 amide bonds. The van der Waals surface area contributed by atoms with Gasteiger partial charge in [-0.2, -0.15) is 0 Å². The monoisotopic (exact) mass is 449 g/mol. The number of nitrogens with one attached hydrogen (secondary N) is 3. The van der Waals surface area contributed by atoms with E-state index in [-0.39, 0.29) is 12.5 Å². The molecule has 0 atom stereocenters. The van der Waals surface area contributed by atoms with E-state index in [1.165, 1.54) is 0 Å². The normalized spacial score (nSPS) is 10.1. The van der Waals surface area contributed by atoms with Crippen molar-refractivity contribution in [2.75, 3.05) is 32.6 Å². The van der Waals surface area contributed by atoms with Crippen LogP contribution in [0.15, 0.2) is 40.9 Å². The van der Waals surface area contributed by atoms with E-state index in [1.54, 1.807) is 20.3 Å². The third-order valence-corrected chi connectivity index (χ3v) is 4.51. The first-order valence-corrected chi connectivity index (χ1v) is 9.51. The lowest BCUT2D eigenvalue weighted by atomic mass is 10.1. The lowest BCUT2D eigenvalue weighted by molar-refractivity contribution is -0.115. The zero-order valence-corrected chi connectivity index (χ0v) is 17.7. The number of hydrogen-bond donors (Lipinski definition) is 3. The van der Waals surface area contributed by atoms with Crippen LogP contribution in [0.5, 0.6) is 11.5 Å². The maximum atomic E-state index is 12.0. The van der Waals surface area contributed by atoms with Crippen LogP contribution in [0.25, 0.3) is 0 Å². The van der Waals surface area contributed by atoms with Gasteiger partial charge in [0.25, 0.3) is 0 Å². The number of urea groups is 1. The molecule has 0 radical (unpaired) electrons. The quantitative estimate of drug-likeness (QED) is 0.576. The molecule has 0 spiro atoms. The Kier molecular flexibility index (Phi) is 8.13. The zero-order valence-electron chi connectivity index (χ0n) is 16.1. The zero-order chi connectivity index (χ0) is 20.5. The molecule has 0 bridgehead atoms. The van der Waals surface area contributed by atoms with Crippen molar-refractivity contribution in [1.82, 2.24) is 10.6 Å². The number of amides is 3. The van der Waals surface area contributed by atoms with E-state index in [2.05, 4.69) is 31.9 Å². The van der Waals surface area contributed by atoms with E-state index in [9.17, 15) is 9.59 Å². The highest BCUT2D eigenvalue weighted by atomic mass is 79.9. The minimum absolute atomic E-state index is 0.113. The third kappa shape index (κ3) is 6.45. The molecule has 3 N–H and O–H groups in total. The number of halogens is 1. The number of benzene rings is 2. The van der Waals surface area contributed by atoms with Crippen molar-refractivity contribution < 1.29 is 19.1 Å². The maximum Gasteiger partial charge on any atom is 0.315 e. The van der Waals surface area contributed by atoms with E-state index in [4.69, 9.17) is 9.47 Å². The SMILES string of the molecule is COc1ccc(CCNC(=O)NCC(=O)Nc2ccc(Br)cc2C)cc1OC. The number of rotatable bonds is 8. The first-order chi connectivity index (χ1) is 13.4. The van der Waals surface area contributed by atoms with Gasteiger partial charge < -0.3 is 25.4 Å². The van der Waals surface area contributed by atoms with Crippen LogP contribution in [-0.4, -0.2) is 39.2 Å². The summed E-state index contributed by atoms with van der Waals surface area (Å²) < 4.78 is 11.4. The predicted octanol–water partition coefficient (Wildman–Crippen LogP) is 3.26. The Morgan fingerprint density at radius 2 is 1.75 bits per heavy atom. The summed E-state index contributed by atoms with van der Waals surface area (Å²) in [5.74, 6) is 1.01. The van der Waals surface area contributed by atoms with Crippen molar-refractivity contribution in [3.8, 4) is 11.5 Å². The molecule has 0 saturated heterocycles. The second kappa shape index (κ2) is 10.6. The summed E-state index contributed by atoms with van der Waals surface area (Å²) in [7, 11) is 3.16. The molecule has 0 heterocycles. The van der Waals surface area contributed by atoms with Crippen molar-refractivity contribution in [2.24, 2.45) is 0 Å². The molecule has 2 aromatic rings. The Hall–Kier alpha value is -2.74. The minimum Gasteiger partial charge on any atom is -0.493 e. The van der Waals surface area contributed by atoms with E-state index >= 15 is 0 Å². The molecule has 2 rings (SSSR count). The molecule has 2 aromatic carbocycles. The van der Waals surface area contributed by atoms with Crippen LogP contribution in [0.4, 0.5) is 10.5 Å². The van der Waals surface area contributed by atoms with E-state index in [0.29, 0.717) is 30.2 Å². The molecule has 0 aromatic heterocycles. The largest absolute Gasteiger partial charge is 0.493 e. The molecular formula is C20H24BrN3O4. The average molecular weight is 450 g/mol. The summed E-state index contributed by atoms with van der Waals surface area (Å²) in [5, 5.41) is 8.04. The van der Waals surface area contributed by atoms with Gasteiger partial charge in [-0.05, 0) is 54.8 Å². The van der Waals surface area contributed by atoms with Crippen molar-refractivity contribution >= 4 is 33.6 Å². The van der Waals surface area contributed by atoms with Crippen LogP contribution in [0, 0.1) is 6.92 Å². The number of ether oxygens (including phenoxy) is 2. The molecule has 0 aliphatic carbocycles. The highest BCUT2D eigenvalue weighted by molar-refractivity contribution is 9.10. The summed E-state index contributed by atoms with van der Waals surface area (Å²) in [5.41, 5.74) is 2.65. The van der Waals surface area contributed by atoms with Crippen LogP contribution < -0.4 is 25.4 Å². The van der Waals surface area contributed by atoms with Crippen LogP contribution >= 0.6 is 15.9 Å². The molecule has 28 heavy (non-hydrogen) atoms. The molecule has 150 valence electrons. The van der Waals surface area contributed by atoms with Gasteiger partial charge in [0.1, 0.15) is 0 Å². The Bertz CT molecular complexity index is 842. The van der Waals surface area contributed by atoms with E-state index < -0.39 is 6.03 Å². The van der Waals surface area contributed by atoms with Crippen LogP contribution in [0.1, 0.15) is 11.1 Å². The van der Waals surface area contributed by atoms with Crippen LogP contribution in [0.2, 0.25) is 0 Å². The molecule has 7 nitrogen and oxygen atoms in total. The summed E-state index contributed by atoms with van der Waals surface area (Å²) in [6.07, 6.45) is 0.623. The van der Waals surface area contributed by atoms with Gasteiger partial charge in [-0.25, -0.2) is 4.79 Å². The van der Waals surface area contributed by atoms with Crippen molar-refractivity contribution in [2.45, 2.75) is 13.3 Å². The number of anilines is 1. The smallest absolute Gasteiger partial charge is 0.315 e. The minimum atomic E-state index is -0.400. The van der Waals surface area contributed by atoms with Gasteiger partial charge in [0.05, 0.1) is 20.8 Å². The average Bonchev–Trinajstić information content (AvgIpc) is 2.68. The summed E-state index contributed by atoms with van der Waals surface area (Å²) in [6.45, 7) is 2.21. The number of carbonyl (C=O) groups is 2. The fourth-order valence-corrected chi connectivity index (χ4v) is 3.02. The van der Waals surface area contributed by atoms with E-state index in [1.807, 2.05) is 37.3 Å². The van der Waals surface area contributed by atoms with Crippen LogP contribution in [0.3, 0.4) is 0 Å². The summed E-state index contributed by atoms with van der Waals surface area (Å²) in [4.78, 5) is 23.9. The van der Waals surface area contributed by atoms with Crippen molar-refractivity contribution in [3.05, 3.63) is 52.0 Å². The predicted molar refractivity (Wildman–Crippen MR) is 112 cm³/mol. The van der Waals surface area contributed by atoms with Gasteiger partial charge in [-0.1, -0.05) is 22.0 Å². The lowest BCUT2D eigenvalue weighted by Crippen LogP contribution is -2.40. The molecule has 0 aliphatic rings. The summed E-state index contributed by atoms with van der Waals surface area (Å²) >= 11 is 3.38. The Morgan fingerprint density at radius 3 is 2.43 bits per heavy atom. The highest BCUT2D eigenvalue weighted by Crippen LogP contribution is 2.27. The first kappa shape index (κ1) is 21.6. The standard InChI is InChI=1S/C20H24BrN3O4/c1-13-10-15(21)5-6-16(13)24-19(25)12-23-20(26)22-9-8-14-4-7-17(27-2)18(11-14)28-3/h4-7,10-11H,8-9,12H2,1-3H3,(H,24,25)(H2,22,23,26). The van der Waals surface area contributed by atoms with Gasteiger partial charge in [-0.3, -0.25) is 4.79 Å². The highest BCUT2D eigenvalue weighted by Gasteiger charge is 2.08.